The largest absolute Gasteiger partial charge is 0.314 e. The highest BCUT2D eigenvalue weighted by Gasteiger charge is 2.34. The molecule has 0 aromatic carbocycles. The van der Waals surface area contributed by atoms with Gasteiger partial charge in [-0.25, -0.2) is 0 Å². The van der Waals surface area contributed by atoms with Crippen LogP contribution in [0.3, 0.4) is 0 Å². The summed E-state index contributed by atoms with van der Waals surface area (Å²) >= 11 is 5.39. The van der Waals surface area contributed by atoms with Crippen molar-refractivity contribution in [2.24, 2.45) is 5.41 Å². The minimum Gasteiger partial charge on any atom is -0.314 e. The van der Waals surface area contributed by atoms with Gasteiger partial charge in [-0.05, 0) is 47.3 Å². The second-order valence-corrected chi connectivity index (χ2v) is 8.56. The molecule has 0 saturated heterocycles. The second-order valence-electron chi connectivity index (χ2n) is 6.65. The van der Waals surface area contributed by atoms with Crippen LogP contribution in [0.15, 0.2) is 15.9 Å². The summed E-state index contributed by atoms with van der Waals surface area (Å²) in [5, 5.41) is 5.85. The van der Waals surface area contributed by atoms with E-state index in [-0.39, 0.29) is 0 Å². The van der Waals surface area contributed by atoms with Gasteiger partial charge in [-0.1, -0.05) is 26.7 Å². The van der Waals surface area contributed by atoms with Gasteiger partial charge in [-0.2, -0.15) is 0 Å². The summed E-state index contributed by atoms with van der Waals surface area (Å²) in [6, 6.07) is 2.83. The van der Waals surface area contributed by atoms with Gasteiger partial charge in [0.15, 0.2) is 0 Å². The smallest absolute Gasteiger partial charge is 0.0325 e. The fourth-order valence-corrected chi connectivity index (χ4v) is 4.80. The van der Waals surface area contributed by atoms with E-state index in [0.29, 0.717) is 11.5 Å². The number of thiophene rings is 1. The van der Waals surface area contributed by atoms with Crippen LogP contribution >= 0.6 is 27.3 Å². The molecule has 0 amide bonds. The van der Waals surface area contributed by atoms with Crippen molar-refractivity contribution in [1.29, 1.82) is 0 Å². The Bertz CT molecular complexity index is 410. The van der Waals surface area contributed by atoms with Gasteiger partial charge in [-0.15, -0.1) is 11.3 Å². The molecule has 0 radical (unpaired) electrons. The zero-order chi connectivity index (χ0) is 14.6. The van der Waals surface area contributed by atoms with Gasteiger partial charge >= 0.3 is 0 Å². The number of hydrogen-bond donors (Lipinski definition) is 1. The van der Waals surface area contributed by atoms with Crippen LogP contribution in [0, 0.1) is 5.41 Å². The first kappa shape index (κ1) is 16.5. The third-order valence-corrected chi connectivity index (χ3v) is 5.88. The van der Waals surface area contributed by atoms with Crippen molar-refractivity contribution in [3.63, 3.8) is 0 Å². The Morgan fingerprint density at radius 3 is 2.65 bits per heavy atom. The van der Waals surface area contributed by atoms with Crippen molar-refractivity contribution in [1.82, 2.24) is 10.2 Å². The number of halogens is 1. The predicted octanol–water partition coefficient (Wildman–Crippen LogP) is 4.50. The van der Waals surface area contributed by atoms with E-state index in [1.165, 1.54) is 48.1 Å². The highest BCUT2D eigenvalue weighted by Crippen LogP contribution is 2.38. The topological polar surface area (TPSA) is 15.3 Å². The lowest BCUT2D eigenvalue weighted by Crippen LogP contribution is -2.42. The predicted molar refractivity (Wildman–Crippen MR) is 92.4 cm³/mol. The number of hydrogen-bond acceptors (Lipinski definition) is 3. The van der Waals surface area contributed by atoms with Crippen LogP contribution in [0.5, 0.6) is 0 Å². The Balaban J connectivity index is 1.90. The molecule has 1 N–H and O–H groups in total. The zero-order valence-corrected chi connectivity index (χ0v) is 15.3. The van der Waals surface area contributed by atoms with Crippen LogP contribution in [-0.4, -0.2) is 31.1 Å². The first-order chi connectivity index (χ1) is 9.49. The van der Waals surface area contributed by atoms with Crippen LogP contribution in [0.25, 0.3) is 0 Å². The Morgan fingerprint density at radius 1 is 1.40 bits per heavy atom. The molecule has 2 rings (SSSR count). The van der Waals surface area contributed by atoms with Crippen molar-refractivity contribution in [2.45, 2.75) is 52.1 Å². The molecule has 0 aliphatic heterocycles. The fraction of sp³-hybridized carbons (Fsp3) is 0.750. The van der Waals surface area contributed by atoms with Crippen molar-refractivity contribution in [2.75, 3.05) is 20.1 Å². The lowest BCUT2D eigenvalue weighted by molar-refractivity contribution is 0.165. The van der Waals surface area contributed by atoms with Gasteiger partial charge in [-0.3, -0.25) is 0 Å². The normalized spacial score (nSPS) is 18.3. The van der Waals surface area contributed by atoms with Crippen molar-refractivity contribution < 1.29 is 0 Å². The molecular weight excluding hydrogens is 332 g/mol. The van der Waals surface area contributed by atoms with E-state index in [0.717, 1.165) is 6.54 Å². The Hall–Kier alpha value is 0.1000. The Kier molecular flexibility index (Phi) is 6.09. The molecule has 1 aliphatic carbocycles. The summed E-state index contributed by atoms with van der Waals surface area (Å²) in [5.41, 5.74) is 0.494. The minimum atomic E-state index is 0.494. The number of nitrogens with zero attached hydrogens (tertiary/aromatic N) is 1. The minimum absolute atomic E-state index is 0.494. The van der Waals surface area contributed by atoms with E-state index >= 15 is 0 Å². The molecule has 20 heavy (non-hydrogen) atoms. The molecule has 1 aromatic rings. The SMILES string of the molecule is CC(C)NCC1(CN(C)Cc2cc(Br)cs2)CCCC1. The summed E-state index contributed by atoms with van der Waals surface area (Å²) in [7, 11) is 2.27. The van der Waals surface area contributed by atoms with Crippen LogP contribution in [0.4, 0.5) is 0 Å². The van der Waals surface area contributed by atoms with Gasteiger partial charge in [0.25, 0.3) is 0 Å². The maximum absolute atomic E-state index is 3.67. The molecule has 1 saturated carbocycles. The molecule has 0 unspecified atom stereocenters. The average Bonchev–Trinajstić information content (AvgIpc) is 2.97. The standard InChI is InChI=1S/C16H27BrN2S/c1-13(2)18-11-16(6-4-5-7-16)12-19(3)9-15-8-14(17)10-20-15/h8,10,13,18H,4-7,9,11-12H2,1-3H3. The van der Waals surface area contributed by atoms with Gasteiger partial charge in [0.1, 0.15) is 0 Å². The van der Waals surface area contributed by atoms with Crippen molar-refractivity contribution in [3.05, 3.63) is 20.8 Å². The van der Waals surface area contributed by atoms with E-state index in [1.54, 1.807) is 0 Å². The second kappa shape index (κ2) is 7.39. The first-order valence-corrected chi connectivity index (χ1v) is 9.31. The average molecular weight is 359 g/mol. The summed E-state index contributed by atoms with van der Waals surface area (Å²) in [6.07, 6.45) is 5.56. The van der Waals surface area contributed by atoms with Gasteiger partial charge < -0.3 is 10.2 Å². The first-order valence-electron chi connectivity index (χ1n) is 7.64. The summed E-state index contributed by atoms with van der Waals surface area (Å²) in [6.45, 7) is 7.94. The molecule has 4 heteroatoms. The molecule has 1 aliphatic rings. The lowest BCUT2D eigenvalue weighted by atomic mass is 9.85. The van der Waals surface area contributed by atoms with E-state index in [9.17, 15) is 0 Å². The molecule has 1 fully saturated rings. The molecule has 1 aromatic heterocycles. The molecule has 0 atom stereocenters. The van der Waals surface area contributed by atoms with E-state index in [1.807, 2.05) is 11.3 Å². The van der Waals surface area contributed by atoms with Gasteiger partial charge in [0, 0.05) is 40.4 Å². The Labute approximate surface area is 136 Å². The van der Waals surface area contributed by atoms with Gasteiger partial charge in [0.2, 0.25) is 0 Å². The van der Waals surface area contributed by atoms with E-state index in [4.69, 9.17) is 0 Å². The van der Waals surface area contributed by atoms with Crippen LogP contribution in [-0.2, 0) is 6.54 Å². The summed E-state index contributed by atoms with van der Waals surface area (Å²) in [4.78, 5) is 3.95. The molecule has 2 nitrogen and oxygen atoms in total. The van der Waals surface area contributed by atoms with Crippen LogP contribution < -0.4 is 5.32 Å². The van der Waals surface area contributed by atoms with Crippen molar-refractivity contribution in [3.8, 4) is 0 Å². The highest BCUT2D eigenvalue weighted by atomic mass is 79.9. The van der Waals surface area contributed by atoms with Crippen LogP contribution in [0.1, 0.15) is 44.4 Å². The van der Waals surface area contributed by atoms with E-state index < -0.39 is 0 Å². The third kappa shape index (κ3) is 4.83. The van der Waals surface area contributed by atoms with Crippen molar-refractivity contribution >= 4 is 27.3 Å². The maximum atomic E-state index is 3.67. The Morgan fingerprint density at radius 2 is 2.10 bits per heavy atom. The summed E-state index contributed by atoms with van der Waals surface area (Å²) in [5.74, 6) is 0. The molecule has 114 valence electrons. The molecule has 0 spiro atoms. The third-order valence-electron chi connectivity index (χ3n) is 4.20. The maximum Gasteiger partial charge on any atom is 0.0325 e. The zero-order valence-electron chi connectivity index (χ0n) is 12.9. The highest BCUT2D eigenvalue weighted by molar-refractivity contribution is 9.10. The monoisotopic (exact) mass is 358 g/mol. The fourth-order valence-electron chi connectivity index (χ4n) is 3.27. The number of nitrogens with one attached hydrogen (secondary N) is 1. The molecular formula is C16H27BrN2S. The quantitative estimate of drug-likeness (QED) is 0.771. The molecule has 0 bridgehead atoms. The molecule has 1 heterocycles. The van der Waals surface area contributed by atoms with E-state index in [2.05, 4.69) is 58.5 Å². The van der Waals surface area contributed by atoms with Gasteiger partial charge in [0.05, 0.1) is 0 Å². The summed E-state index contributed by atoms with van der Waals surface area (Å²) < 4.78 is 1.21. The lowest BCUT2D eigenvalue weighted by Gasteiger charge is -2.34. The van der Waals surface area contributed by atoms with Crippen LogP contribution in [0.2, 0.25) is 0 Å². The number of rotatable bonds is 7.